The number of nitrogens with zero attached hydrogens (tertiary/aromatic N) is 3. The lowest BCUT2D eigenvalue weighted by molar-refractivity contribution is 0.183. The Balaban J connectivity index is 3.32. The summed E-state index contributed by atoms with van der Waals surface area (Å²) in [5.41, 5.74) is 0.994. The van der Waals surface area contributed by atoms with Crippen LogP contribution in [0.5, 0.6) is 0 Å². The van der Waals surface area contributed by atoms with Crippen molar-refractivity contribution >= 4 is 11.6 Å². The summed E-state index contributed by atoms with van der Waals surface area (Å²) in [4.78, 5) is 11.7. The molecule has 1 heterocycles. The molecule has 1 rings (SSSR count). The van der Waals surface area contributed by atoms with Gasteiger partial charge in [0.15, 0.2) is 0 Å². The molecule has 0 bridgehead atoms. The van der Waals surface area contributed by atoms with Crippen LogP contribution in [0.25, 0.3) is 0 Å². The predicted octanol–water partition coefficient (Wildman–Crippen LogP) is 2.99. The molecule has 0 saturated heterocycles. The molecule has 21 heavy (non-hydrogen) atoms. The van der Waals surface area contributed by atoms with Gasteiger partial charge in [0.25, 0.3) is 0 Å². The minimum atomic E-state index is -0.0854. The van der Waals surface area contributed by atoms with E-state index in [1.807, 2.05) is 0 Å². The lowest BCUT2D eigenvalue weighted by Crippen LogP contribution is -2.35. The highest BCUT2D eigenvalue weighted by Gasteiger charge is 2.23. The van der Waals surface area contributed by atoms with E-state index in [-0.39, 0.29) is 11.5 Å². The molecule has 1 N–H and O–H groups in total. The van der Waals surface area contributed by atoms with E-state index in [1.54, 1.807) is 7.11 Å². The van der Waals surface area contributed by atoms with Crippen LogP contribution < -0.4 is 10.2 Å². The average Bonchev–Trinajstić information content (AvgIpc) is 2.39. The summed E-state index contributed by atoms with van der Waals surface area (Å²) in [6.07, 6.45) is 0. The van der Waals surface area contributed by atoms with E-state index in [2.05, 4.69) is 58.8 Å². The molecule has 0 saturated carbocycles. The highest BCUT2D eigenvalue weighted by molar-refractivity contribution is 5.59. The summed E-state index contributed by atoms with van der Waals surface area (Å²) in [5.74, 6) is 2.75. The molecule has 1 aromatic heterocycles. The molecule has 5 nitrogen and oxygen atoms in total. The number of likely N-dealkylation sites (N-methyl/N-ethyl adjacent to an activating group) is 1. The van der Waals surface area contributed by atoms with Gasteiger partial charge in [-0.1, -0.05) is 20.8 Å². The Hall–Kier alpha value is -1.36. The fourth-order valence-electron chi connectivity index (χ4n) is 2.08. The monoisotopic (exact) mass is 294 g/mol. The van der Waals surface area contributed by atoms with E-state index in [0.29, 0.717) is 6.61 Å². The molecule has 0 aromatic carbocycles. The lowest BCUT2D eigenvalue weighted by atomic mass is 9.95. The van der Waals surface area contributed by atoms with Crippen molar-refractivity contribution in [1.82, 2.24) is 9.97 Å². The van der Waals surface area contributed by atoms with Gasteiger partial charge >= 0.3 is 0 Å². The van der Waals surface area contributed by atoms with Crippen LogP contribution in [0.15, 0.2) is 0 Å². The normalized spacial score (nSPS) is 13.1. The molecular weight excluding hydrogens is 264 g/mol. The molecule has 0 aliphatic heterocycles. The average molecular weight is 294 g/mol. The van der Waals surface area contributed by atoms with Crippen LogP contribution in [0, 0.1) is 6.92 Å². The SMILES string of the molecule is CCNc1nc(C(C)(C)C)nc(N(C)C(C)COC)c1C. The maximum absolute atomic E-state index is 5.26. The Morgan fingerprint density at radius 1 is 1.29 bits per heavy atom. The number of anilines is 2. The third kappa shape index (κ3) is 4.30. The summed E-state index contributed by atoms with van der Waals surface area (Å²) >= 11 is 0. The topological polar surface area (TPSA) is 50.3 Å². The van der Waals surface area contributed by atoms with Gasteiger partial charge in [0.05, 0.1) is 12.6 Å². The largest absolute Gasteiger partial charge is 0.383 e. The van der Waals surface area contributed by atoms with Gasteiger partial charge in [-0.3, -0.25) is 0 Å². The van der Waals surface area contributed by atoms with Gasteiger partial charge in [-0.05, 0) is 20.8 Å². The second-order valence-electron chi connectivity index (χ2n) is 6.54. The van der Waals surface area contributed by atoms with Gasteiger partial charge < -0.3 is 15.0 Å². The Morgan fingerprint density at radius 2 is 1.90 bits per heavy atom. The minimum absolute atomic E-state index is 0.0854. The fraction of sp³-hybridized carbons (Fsp3) is 0.750. The zero-order chi connectivity index (χ0) is 16.2. The van der Waals surface area contributed by atoms with Crippen molar-refractivity contribution in [3.8, 4) is 0 Å². The summed E-state index contributed by atoms with van der Waals surface area (Å²) in [7, 11) is 3.78. The molecule has 0 fully saturated rings. The first-order valence-corrected chi connectivity index (χ1v) is 7.57. The van der Waals surface area contributed by atoms with Crippen LogP contribution in [0.2, 0.25) is 0 Å². The van der Waals surface area contributed by atoms with Crippen molar-refractivity contribution < 1.29 is 4.74 Å². The van der Waals surface area contributed by atoms with E-state index < -0.39 is 0 Å². The predicted molar refractivity (Wildman–Crippen MR) is 89.4 cm³/mol. The van der Waals surface area contributed by atoms with Crippen molar-refractivity contribution in [3.05, 3.63) is 11.4 Å². The molecular formula is C16H30N4O. The smallest absolute Gasteiger partial charge is 0.138 e. The molecule has 0 spiro atoms. The Labute approximate surface area is 129 Å². The van der Waals surface area contributed by atoms with Crippen LogP contribution in [-0.2, 0) is 10.2 Å². The van der Waals surface area contributed by atoms with Crippen LogP contribution in [0.1, 0.15) is 46.0 Å². The van der Waals surface area contributed by atoms with E-state index in [4.69, 9.17) is 14.7 Å². The highest BCUT2D eigenvalue weighted by atomic mass is 16.5. The minimum Gasteiger partial charge on any atom is -0.383 e. The quantitative estimate of drug-likeness (QED) is 0.874. The van der Waals surface area contributed by atoms with E-state index in [9.17, 15) is 0 Å². The van der Waals surface area contributed by atoms with E-state index in [0.717, 1.165) is 29.6 Å². The summed E-state index contributed by atoms with van der Waals surface area (Å²) in [5, 5.41) is 3.35. The molecule has 0 amide bonds. The number of aromatic nitrogens is 2. The number of hydrogen-bond donors (Lipinski definition) is 1. The van der Waals surface area contributed by atoms with Crippen LogP contribution in [0.4, 0.5) is 11.6 Å². The van der Waals surface area contributed by atoms with Gasteiger partial charge in [0.2, 0.25) is 0 Å². The first-order chi connectivity index (χ1) is 9.72. The Morgan fingerprint density at radius 3 is 2.38 bits per heavy atom. The van der Waals surface area contributed by atoms with Crippen LogP contribution in [-0.4, -0.2) is 43.3 Å². The van der Waals surface area contributed by atoms with Crippen molar-refractivity contribution in [1.29, 1.82) is 0 Å². The van der Waals surface area contributed by atoms with Crippen LogP contribution in [0.3, 0.4) is 0 Å². The first kappa shape index (κ1) is 17.7. The van der Waals surface area contributed by atoms with Gasteiger partial charge in [-0.25, -0.2) is 9.97 Å². The van der Waals surface area contributed by atoms with E-state index >= 15 is 0 Å². The molecule has 0 aliphatic carbocycles. The van der Waals surface area contributed by atoms with Crippen molar-refractivity contribution in [2.45, 2.75) is 53.0 Å². The maximum atomic E-state index is 5.26. The second-order valence-corrected chi connectivity index (χ2v) is 6.54. The molecule has 1 atom stereocenters. The van der Waals surface area contributed by atoms with E-state index in [1.165, 1.54) is 0 Å². The third-order valence-electron chi connectivity index (χ3n) is 3.54. The summed E-state index contributed by atoms with van der Waals surface area (Å²) in [6.45, 7) is 14.2. The number of methoxy groups -OCH3 is 1. The first-order valence-electron chi connectivity index (χ1n) is 7.57. The van der Waals surface area contributed by atoms with Gasteiger partial charge in [0, 0.05) is 31.7 Å². The molecule has 0 aliphatic rings. The fourth-order valence-corrected chi connectivity index (χ4v) is 2.08. The number of rotatable bonds is 6. The lowest BCUT2D eigenvalue weighted by Gasteiger charge is -2.29. The zero-order valence-corrected chi connectivity index (χ0v) is 14.7. The third-order valence-corrected chi connectivity index (χ3v) is 3.54. The van der Waals surface area contributed by atoms with Crippen molar-refractivity contribution in [2.24, 2.45) is 0 Å². The van der Waals surface area contributed by atoms with Gasteiger partial charge in [0.1, 0.15) is 17.5 Å². The Bertz CT molecular complexity index is 468. The molecule has 0 radical (unpaired) electrons. The zero-order valence-electron chi connectivity index (χ0n) is 14.7. The molecule has 5 heteroatoms. The van der Waals surface area contributed by atoms with Crippen LogP contribution >= 0.6 is 0 Å². The second kappa shape index (κ2) is 7.07. The maximum Gasteiger partial charge on any atom is 0.138 e. The Kier molecular flexibility index (Phi) is 5.96. The van der Waals surface area contributed by atoms with Crippen molar-refractivity contribution in [2.75, 3.05) is 37.5 Å². The number of ether oxygens (including phenoxy) is 1. The molecule has 1 aromatic rings. The number of nitrogens with one attached hydrogen (secondary N) is 1. The number of hydrogen-bond acceptors (Lipinski definition) is 5. The van der Waals surface area contributed by atoms with Crippen molar-refractivity contribution in [3.63, 3.8) is 0 Å². The highest BCUT2D eigenvalue weighted by Crippen LogP contribution is 2.28. The molecule has 120 valence electrons. The van der Waals surface area contributed by atoms with Gasteiger partial charge in [-0.2, -0.15) is 0 Å². The van der Waals surface area contributed by atoms with Gasteiger partial charge in [-0.15, -0.1) is 0 Å². The molecule has 1 unspecified atom stereocenters. The summed E-state index contributed by atoms with van der Waals surface area (Å²) in [6, 6.07) is 0.255. The summed E-state index contributed by atoms with van der Waals surface area (Å²) < 4.78 is 5.26. The standard InChI is InChI=1S/C16H30N4O/c1-9-17-13-12(3)14(20(7)11(2)10-21-8)19-15(18-13)16(4,5)6/h11H,9-10H2,1-8H3,(H,17,18,19).